The lowest BCUT2D eigenvalue weighted by atomic mass is 9.88. The Bertz CT molecular complexity index is 832. The molecule has 3 nitrogen and oxygen atoms in total. The van der Waals surface area contributed by atoms with Crippen LogP contribution in [0.3, 0.4) is 0 Å². The molecular weight excluding hydrogens is 292 g/mol. The molecule has 0 amide bonds. The van der Waals surface area contributed by atoms with Crippen molar-refractivity contribution in [2.75, 3.05) is 0 Å². The number of fused-ring (bicyclic) bond motifs is 1. The van der Waals surface area contributed by atoms with E-state index in [-0.39, 0.29) is 11.7 Å². The Morgan fingerprint density at radius 2 is 1.95 bits per heavy atom. The molecular formula is C18H16N2OS. The molecule has 110 valence electrons. The van der Waals surface area contributed by atoms with Crippen molar-refractivity contribution >= 4 is 17.1 Å². The molecule has 0 spiro atoms. The Hall–Kier alpha value is -2.20. The molecule has 22 heavy (non-hydrogen) atoms. The van der Waals surface area contributed by atoms with E-state index in [1.54, 1.807) is 11.3 Å². The summed E-state index contributed by atoms with van der Waals surface area (Å²) in [5.74, 6) is 1.22. The third-order valence-corrected chi connectivity index (χ3v) is 5.30. The Morgan fingerprint density at radius 1 is 1.14 bits per heavy atom. The third kappa shape index (κ3) is 2.29. The van der Waals surface area contributed by atoms with Gasteiger partial charge in [-0.15, -0.1) is 11.3 Å². The molecule has 0 saturated carbocycles. The molecule has 1 aliphatic carbocycles. The summed E-state index contributed by atoms with van der Waals surface area (Å²) in [5, 5.41) is 0. The van der Waals surface area contributed by atoms with Crippen molar-refractivity contribution in [2.24, 2.45) is 0 Å². The van der Waals surface area contributed by atoms with E-state index < -0.39 is 0 Å². The van der Waals surface area contributed by atoms with Gasteiger partial charge in [-0.3, -0.25) is 4.79 Å². The predicted octanol–water partition coefficient (Wildman–Crippen LogP) is 4.36. The number of Topliss-reactive ketones (excluding diaryl/α,β-unsaturated/α-hetero) is 1. The summed E-state index contributed by atoms with van der Waals surface area (Å²) in [6, 6.07) is 14.2. The van der Waals surface area contributed by atoms with Crippen LogP contribution in [0.15, 0.2) is 42.5 Å². The van der Waals surface area contributed by atoms with Crippen molar-refractivity contribution in [2.45, 2.75) is 25.7 Å². The van der Waals surface area contributed by atoms with Gasteiger partial charge >= 0.3 is 0 Å². The second-order valence-corrected chi connectivity index (χ2v) is 7.07. The molecule has 1 aromatic carbocycles. The first-order valence-electron chi connectivity index (χ1n) is 7.44. The lowest BCUT2D eigenvalue weighted by Crippen LogP contribution is -2.18. The Balaban J connectivity index is 1.69. The highest BCUT2D eigenvalue weighted by molar-refractivity contribution is 7.12. The van der Waals surface area contributed by atoms with Gasteiger partial charge in [-0.2, -0.15) is 0 Å². The predicted molar refractivity (Wildman–Crippen MR) is 88.5 cm³/mol. The number of benzene rings is 1. The molecule has 0 bridgehead atoms. The number of aromatic nitrogens is 2. The van der Waals surface area contributed by atoms with E-state index in [0.717, 1.165) is 23.5 Å². The van der Waals surface area contributed by atoms with Gasteiger partial charge in [0.25, 0.3) is 0 Å². The fourth-order valence-electron chi connectivity index (χ4n) is 3.03. The standard InChI is InChI=1S/C18H16N2OS/c1-11-7-8-16(22-11)13-9-14-17(15(21)10-13)20-18(19-14)12-5-3-2-4-6-12/h2-8,13H,9-10H2,1H3,(H,19,20)/t13-/m0/s1. The van der Waals surface area contributed by atoms with E-state index in [1.165, 1.54) is 9.75 Å². The van der Waals surface area contributed by atoms with Crippen LogP contribution < -0.4 is 0 Å². The number of aromatic amines is 1. The Kier molecular flexibility index (Phi) is 3.19. The molecule has 1 N–H and O–H groups in total. The van der Waals surface area contributed by atoms with Gasteiger partial charge in [0.15, 0.2) is 5.78 Å². The number of hydrogen-bond donors (Lipinski definition) is 1. The number of nitrogens with zero attached hydrogens (tertiary/aromatic N) is 1. The summed E-state index contributed by atoms with van der Waals surface area (Å²) in [6.07, 6.45) is 1.42. The number of imidazole rings is 1. The van der Waals surface area contributed by atoms with Crippen LogP contribution in [0, 0.1) is 6.92 Å². The van der Waals surface area contributed by atoms with Crippen LogP contribution in [0.4, 0.5) is 0 Å². The minimum atomic E-state index is 0.149. The van der Waals surface area contributed by atoms with Crippen LogP contribution in [0.25, 0.3) is 11.4 Å². The first-order chi connectivity index (χ1) is 10.7. The number of carbonyl (C=O) groups is 1. The molecule has 4 heteroatoms. The molecule has 0 unspecified atom stereocenters. The monoisotopic (exact) mass is 308 g/mol. The van der Waals surface area contributed by atoms with E-state index in [1.807, 2.05) is 30.3 Å². The normalized spacial score (nSPS) is 17.5. The summed E-state index contributed by atoms with van der Waals surface area (Å²) >= 11 is 1.79. The zero-order valence-corrected chi connectivity index (χ0v) is 13.1. The number of aryl methyl sites for hydroxylation is 1. The van der Waals surface area contributed by atoms with Crippen molar-refractivity contribution in [1.82, 2.24) is 9.97 Å². The minimum Gasteiger partial charge on any atom is -0.341 e. The van der Waals surface area contributed by atoms with Gasteiger partial charge in [-0.25, -0.2) is 4.98 Å². The first kappa shape index (κ1) is 13.5. The molecule has 0 aliphatic heterocycles. The van der Waals surface area contributed by atoms with Gasteiger partial charge in [0.1, 0.15) is 11.5 Å². The highest BCUT2D eigenvalue weighted by Gasteiger charge is 2.30. The van der Waals surface area contributed by atoms with Gasteiger partial charge in [-0.1, -0.05) is 30.3 Å². The van der Waals surface area contributed by atoms with Crippen LogP contribution in [-0.4, -0.2) is 15.8 Å². The fraction of sp³-hybridized carbons (Fsp3) is 0.222. The van der Waals surface area contributed by atoms with Crippen molar-refractivity contribution in [1.29, 1.82) is 0 Å². The van der Waals surface area contributed by atoms with E-state index in [0.29, 0.717) is 12.1 Å². The second-order valence-electron chi connectivity index (χ2n) is 5.76. The molecule has 0 fully saturated rings. The maximum Gasteiger partial charge on any atom is 0.183 e. The van der Waals surface area contributed by atoms with E-state index in [9.17, 15) is 4.79 Å². The molecule has 4 rings (SSSR count). The van der Waals surface area contributed by atoms with E-state index in [2.05, 4.69) is 29.0 Å². The largest absolute Gasteiger partial charge is 0.341 e. The van der Waals surface area contributed by atoms with Gasteiger partial charge < -0.3 is 4.98 Å². The molecule has 0 saturated heterocycles. The number of ketones is 1. The van der Waals surface area contributed by atoms with Gasteiger partial charge in [0, 0.05) is 33.4 Å². The third-order valence-electron chi connectivity index (χ3n) is 4.14. The lowest BCUT2D eigenvalue weighted by molar-refractivity contribution is 0.0960. The maximum absolute atomic E-state index is 12.4. The number of rotatable bonds is 2. The van der Waals surface area contributed by atoms with E-state index >= 15 is 0 Å². The summed E-state index contributed by atoms with van der Waals surface area (Å²) < 4.78 is 0. The number of thiophene rings is 1. The molecule has 1 aliphatic rings. The first-order valence-corrected chi connectivity index (χ1v) is 8.26. The SMILES string of the molecule is Cc1ccc([C@@H]2CC(=O)c3nc(-c4ccccc4)[nH]c3C2)s1. The fourth-order valence-corrected chi connectivity index (χ4v) is 4.01. The number of carbonyl (C=O) groups excluding carboxylic acids is 1. The number of nitrogens with one attached hydrogen (secondary N) is 1. The smallest absolute Gasteiger partial charge is 0.183 e. The minimum absolute atomic E-state index is 0.149. The van der Waals surface area contributed by atoms with Crippen LogP contribution in [-0.2, 0) is 6.42 Å². The van der Waals surface area contributed by atoms with Crippen molar-refractivity contribution in [3.05, 3.63) is 63.6 Å². The molecule has 3 aromatic rings. The zero-order valence-electron chi connectivity index (χ0n) is 12.3. The van der Waals surface area contributed by atoms with Gasteiger partial charge in [0.2, 0.25) is 0 Å². The maximum atomic E-state index is 12.4. The summed E-state index contributed by atoms with van der Waals surface area (Å²) in [6.45, 7) is 2.11. The Morgan fingerprint density at radius 3 is 2.68 bits per heavy atom. The average molecular weight is 308 g/mol. The zero-order chi connectivity index (χ0) is 15.1. The topological polar surface area (TPSA) is 45.8 Å². The number of H-pyrrole nitrogens is 1. The molecule has 2 aromatic heterocycles. The molecule has 0 radical (unpaired) electrons. The second kappa shape index (κ2) is 5.21. The van der Waals surface area contributed by atoms with Crippen molar-refractivity contribution in [3.8, 4) is 11.4 Å². The highest BCUT2D eigenvalue weighted by atomic mass is 32.1. The van der Waals surface area contributed by atoms with Crippen molar-refractivity contribution in [3.63, 3.8) is 0 Å². The summed E-state index contributed by atoms with van der Waals surface area (Å²) in [5.41, 5.74) is 2.63. The van der Waals surface area contributed by atoms with Crippen LogP contribution in [0.1, 0.15) is 38.3 Å². The lowest BCUT2D eigenvalue weighted by Gasteiger charge is -2.18. The average Bonchev–Trinajstić information content (AvgIpc) is 3.14. The van der Waals surface area contributed by atoms with Gasteiger partial charge in [-0.05, 0) is 25.5 Å². The van der Waals surface area contributed by atoms with Crippen molar-refractivity contribution < 1.29 is 4.79 Å². The molecule has 2 heterocycles. The quantitative estimate of drug-likeness (QED) is 0.764. The highest BCUT2D eigenvalue weighted by Crippen LogP contribution is 2.36. The van der Waals surface area contributed by atoms with Crippen LogP contribution >= 0.6 is 11.3 Å². The Labute approximate surface area is 133 Å². The number of hydrogen-bond acceptors (Lipinski definition) is 3. The van der Waals surface area contributed by atoms with Gasteiger partial charge in [0.05, 0.1) is 0 Å². The summed E-state index contributed by atoms with van der Waals surface area (Å²) in [4.78, 5) is 22.9. The van der Waals surface area contributed by atoms with Crippen LogP contribution in [0.2, 0.25) is 0 Å². The molecule has 1 atom stereocenters. The summed E-state index contributed by atoms with van der Waals surface area (Å²) in [7, 11) is 0. The van der Waals surface area contributed by atoms with E-state index in [4.69, 9.17) is 0 Å². The van der Waals surface area contributed by atoms with Crippen LogP contribution in [0.5, 0.6) is 0 Å².